The minimum Gasteiger partial charge on any atom is -0.481 e. The predicted molar refractivity (Wildman–Crippen MR) is 67.4 cm³/mol. The van der Waals surface area contributed by atoms with Crippen LogP contribution < -0.4 is 5.73 Å². The number of carbonyl (C=O) groups is 2. The fourth-order valence-corrected chi connectivity index (χ4v) is 3.55. The van der Waals surface area contributed by atoms with Crippen LogP contribution in [-0.2, 0) is 14.2 Å². The Balaban J connectivity index is 0.00000324. The summed E-state index contributed by atoms with van der Waals surface area (Å²) in [5.41, 5.74) is 5.18. The van der Waals surface area contributed by atoms with Gasteiger partial charge in [0, 0.05) is 12.1 Å². The van der Waals surface area contributed by atoms with Gasteiger partial charge in [0.25, 0.3) is 0 Å². The van der Waals surface area contributed by atoms with Crippen molar-refractivity contribution in [1.29, 1.82) is 0 Å². The maximum absolute atomic E-state index is 11.8. The number of carboxylic acids is 2. The molecule has 0 saturated heterocycles. The van der Waals surface area contributed by atoms with E-state index >= 15 is 0 Å². The average molecular weight is 318 g/mol. The van der Waals surface area contributed by atoms with E-state index in [1.807, 2.05) is 0 Å². The lowest BCUT2D eigenvalue weighted by Crippen LogP contribution is -2.31. The van der Waals surface area contributed by atoms with Crippen LogP contribution in [0.5, 0.6) is 0 Å². The van der Waals surface area contributed by atoms with Gasteiger partial charge in [0.05, 0.1) is 5.92 Å². The molecule has 0 amide bonds. The van der Waals surface area contributed by atoms with E-state index in [0.717, 1.165) is 0 Å². The molecule has 112 valence electrons. The van der Waals surface area contributed by atoms with Gasteiger partial charge >= 0.3 is 11.9 Å². The molecular formula is C9H17ClNO7P. The highest BCUT2D eigenvalue weighted by molar-refractivity contribution is 7.58. The van der Waals surface area contributed by atoms with Gasteiger partial charge in [-0.25, -0.2) is 0 Å². The van der Waals surface area contributed by atoms with Gasteiger partial charge in [-0.2, -0.15) is 0 Å². The van der Waals surface area contributed by atoms with Crippen LogP contribution in [0.2, 0.25) is 0 Å². The summed E-state index contributed by atoms with van der Waals surface area (Å²) >= 11 is 0. The number of hydrogen-bond acceptors (Lipinski definition) is 5. The van der Waals surface area contributed by atoms with Crippen LogP contribution in [0.3, 0.4) is 0 Å². The van der Waals surface area contributed by atoms with E-state index in [0.29, 0.717) is 0 Å². The van der Waals surface area contributed by atoms with Gasteiger partial charge in [-0.05, 0) is 12.8 Å². The quantitative estimate of drug-likeness (QED) is 0.394. The number of aliphatic hydroxyl groups is 1. The first-order chi connectivity index (χ1) is 8.16. The Hall–Kier alpha value is -0.660. The SMILES string of the molecule is Cl.N[C@@H](CCP(=O)(O)C(O)C1CC1C(=O)O)C(=O)O. The number of rotatable bonds is 7. The summed E-state index contributed by atoms with van der Waals surface area (Å²) in [5, 5.41) is 26.8. The molecule has 19 heavy (non-hydrogen) atoms. The monoisotopic (exact) mass is 317 g/mol. The Bertz CT molecular complexity index is 404. The van der Waals surface area contributed by atoms with Crippen molar-refractivity contribution in [3.63, 3.8) is 0 Å². The van der Waals surface area contributed by atoms with E-state index in [2.05, 4.69) is 0 Å². The Kier molecular flexibility index (Phi) is 6.44. The number of nitrogens with two attached hydrogens (primary N) is 1. The van der Waals surface area contributed by atoms with Gasteiger partial charge < -0.3 is 25.9 Å². The third-order valence-electron chi connectivity index (χ3n) is 3.03. The van der Waals surface area contributed by atoms with Crippen LogP contribution in [0.1, 0.15) is 12.8 Å². The summed E-state index contributed by atoms with van der Waals surface area (Å²) in [4.78, 5) is 30.6. The van der Waals surface area contributed by atoms with Crippen molar-refractivity contribution in [3.8, 4) is 0 Å². The van der Waals surface area contributed by atoms with Crippen LogP contribution in [0.15, 0.2) is 0 Å². The molecule has 5 atom stereocenters. The largest absolute Gasteiger partial charge is 0.481 e. The second kappa shape index (κ2) is 6.67. The summed E-state index contributed by atoms with van der Waals surface area (Å²) in [6.45, 7) is 0. The average Bonchev–Trinajstić information content (AvgIpc) is 3.04. The van der Waals surface area contributed by atoms with Crippen molar-refractivity contribution in [3.05, 3.63) is 0 Å². The van der Waals surface area contributed by atoms with Crippen molar-refractivity contribution in [1.82, 2.24) is 0 Å². The molecule has 0 spiro atoms. The van der Waals surface area contributed by atoms with Gasteiger partial charge in [0.1, 0.15) is 11.9 Å². The molecule has 0 aliphatic heterocycles. The molecule has 1 saturated carbocycles. The Labute approximate surface area is 115 Å². The summed E-state index contributed by atoms with van der Waals surface area (Å²) in [7, 11) is -4.00. The zero-order valence-corrected chi connectivity index (χ0v) is 11.6. The zero-order valence-electron chi connectivity index (χ0n) is 9.88. The van der Waals surface area contributed by atoms with Crippen molar-refractivity contribution in [2.45, 2.75) is 24.7 Å². The van der Waals surface area contributed by atoms with Crippen LogP contribution in [0, 0.1) is 11.8 Å². The second-order valence-corrected chi connectivity index (χ2v) is 6.96. The highest BCUT2D eigenvalue weighted by Crippen LogP contribution is 2.57. The maximum atomic E-state index is 11.8. The van der Waals surface area contributed by atoms with Crippen LogP contribution in [0.4, 0.5) is 0 Å². The molecule has 8 nitrogen and oxygen atoms in total. The Morgan fingerprint density at radius 1 is 1.37 bits per heavy atom. The first-order valence-corrected chi connectivity index (χ1v) is 7.29. The van der Waals surface area contributed by atoms with Crippen molar-refractivity contribution in [2.24, 2.45) is 17.6 Å². The van der Waals surface area contributed by atoms with Crippen molar-refractivity contribution >= 4 is 31.7 Å². The maximum Gasteiger partial charge on any atom is 0.320 e. The van der Waals surface area contributed by atoms with E-state index < -0.39 is 49.2 Å². The lowest BCUT2D eigenvalue weighted by Gasteiger charge is -2.18. The smallest absolute Gasteiger partial charge is 0.320 e. The third-order valence-corrected chi connectivity index (χ3v) is 5.14. The van der Waals surface area contributed by atoms with E-state index in [4.69, 9.17) is 15.9 Å². The minimum atomic E-state index is -4.00. The van der Waals surface area contributed by atoms with Gasteiger partial charge in [0.2, 0.25) is 7.37 Å². The molecule has 1 rings (SSSR count). The van der Waals surface area contributed by atoms with E-state index in [1.165, 1.54) is 0 Å². The molecule has 0 aromatic rings. The van der Waals surface area contributed by atoms with Gasteiger partial charge in [0.15, 0.2) is 0 Å². The van der Waals surface area contributed by atoms with Crippen molar-refractivity contribution < 1.29 is 34.4 Å². The molecule has 0 aromatic heterocycles. The molecule has 6 N–H and O–H groups in total. The number of aliphatic carboxylic acids is 2. The summed E-state index contributed by atoms with van der Waals surface area (Å²) in [6, 6.07) is -1.27. The fourth-order valence-electron chi connectivity index (χ4n) is 1.71. The second-order valence-electron chi connectivity index (χ2n) is 4.47. The highest BCUT2D eigenvalue weighted by Gasteiger charge is 2.53. The minimum absolute atomic E-state index is 0. The van der Waals surface area contributed by atoms with Gasteiger partial charge in [-0.15, -0.1) is 12.4 Å². The number of hydrogen-bond donors (Lipinski definition) is 5. The molecule has 10 heteroatoms. The number of carboxylic acid groups (broad SMARTS) is 2. The Morgan fingerprint density at radius 2 is 1.89 bits per heavy atom. The lowest BCUT2D eigenvalue weighted by molar-refractivity contribution is -0.139. The van der Waals surface area contributed by atoms with E-state index in [9.17, 15) is 24.2 Å². The first kappa shape index (κ1) is 18.3. The molecule has 0 radical (unpaired) electrons. The molecular weight excluding hydrogens is 301 g/mol. The first-order valence-electron chi connectivity index (χ1n) is 5.37. The molecule has 4 unspecified atom stereocenters. The molecule has 1 fully saturated rings. The summed E-state index contributed by atoms with van der Waals surface area (Å²) < 4.78 is 11.8. The van der Waals surface area contributed by atoms with E-state index in [-0.39, 0.29) is 25.2 Å². The van der Waals surface area contributed by atoms with Crippen LogP contribution in [-0.4, -0.2) is 50.2 Å². The summed E-state index contributed by atoms with van der Waals surface area (Å²) in [5.74, 6) is -5.56. The van der Waals surface area contributed by atoms with Crippen LogP contribution in [0.25, 0.3) is 0 Å². The molecule has 1 aliphatic rings. The van der Waals surface area contributed by atoms with Gasteiger partial charge in [-0.1, -0.05) is 0 Å². The predicted octanol–water partition coefficient (Wildman–Crippen LogP) is -0.480. The standard InChI is InChI=1S/C9H16NO7P.ClH/c10-6(8(13)14)1-2-18(16,17)9(15)5-3-4(5)7(11)12;/h4-6,9,15H,1-3,10H2,(H,11,12)(H,13,14)(H,16,17);1H/t4?,5?,6-,9?;/m0./s1. The fraction of sp³-hybridized carbons (Fsp3) is 0.778. The molecule has 0 bridgehead atoms. The normalized spacial score (nSPS) is 27.5. The third kappa shape index (κ3) is 4.74. The molecule has 0 aromatic carbocycles. The number of aliphatic hydroxyl groups excluding tert-OH is 1. The highest BCUT2D eigenvalue weighted by atomic mass is 35.5. The van der Waals surface area contributed by atoms with E-state index in [1.54, 1.807) is 0 Å². The van der Waals surface area contributed by atoms with Crippen LogP contribution >= 0.6 is 19.8 Å². The summed E-state index contributed by atoms with van der Waals surface area (Å²) in [6.07, 6.45) is -0.527. The number of halogens is 1. The van der Waals surface area contributed by atoms with Gasteiger partial charge in [-0.3, -0.25) is 14.2 Å². The Morgan fingerprint density at radius 3 is 2.26 bits per heavy atom. The zero-order chi connectivity index (χ0) is 14.1. The lowest BCUT2D eigenvalue weighted by atomic mass is 10.2. The molecule has 0 heterocycles. The topological polar surface area (TPSA) is 158 Å². The van der Waals surface area contributed by atoms with Crippen molar-refractivity contribution in [2.75, 3.05) is 6.16 Å². The molecule has 1 aliphatic carbocycles.